The van der Waals surface area contributed by atoms with Gasteiger partial charge in [-0.05, 0) is 18.2 Å². The Labute approximate surface area is 129 Å². The molecule has 4 atom stereocenters. The van der Waals surface area contributed by atoms with Crippen LogP contribution in [0.15, 0.2) is 30.4 Å². The summed E-state index contributed by atoms with van der Waals surface area (Å²) in [5.41, 5.74) is -0.536. The van der Waals surface area contributed by atoms with Crippen LogP contribution in [0.5, 0.6) is 0 Å². The second-order valence-corrected chi connectivity index (χ2v) is 6.15. The van der Waals surface area contributed by atoms with Gasteiger partial charge in [-0.2, -0.15) is 0 Å². The third kappa shape index (κ3) is 1.62. The Morgan fingerprint density at radius 1 is 1.50 bits per heavy atom. The molecule has 7 heteroatoms. The Bertz CT molecular complexity index is 736. The number of fused-ring (bicyclic) bond motifs is 1. The lowest BCUT2D eigenvalue weighted by atomic mass is 9.77. The number of aliphatic carboxylic acids is 1. The summed E-state index contributed by atoms with van der Waals surface area (Å²) in [5.74, 6) is -4.08. The molecule has 5 nitrogen and oxygen atoms in total. The SMILES string of the molecule is O=C([O-])[C@H]1[C@H]2C=C[C@@]3(CN(c4ccc(F)c(Cl)c4)C(=O)[C@@H]13)O2. The van der Waals surface area contributed by atoms with Crippen molar-refractivity contribution in [3.63, 3.8) is 0 Å². The predicted octanol–water partition coefficient (Wildman–Crippen LogP) is 0.515. The van der Waals surface area contributed by atoms with Crippen LogP contribution >= 0.6 is 11.6 Å². The van der Waals surface area contributed by atoms with Crippen LogP contribution < -0.4 is 10.0 Å². The van der Waals surface area contributed by atoms with Gasteiger partial charge < -0.3 is 19.5 Å². The van der Waals surface area contributed by atoms with Gasteiger partial charge in [-0.1, -0.05) is 23.8 Å². The predicted molar refractivity (Wildman–Crippen MR) is 72.5 cm³/mol. The first kappa shape index (κ1) is 13.7. The molecule has 1 spiro atoms. The van der Waals surface area contributed by atoms with Gasteiger partial charge in [0.05, 0.1) is 23.6 Å². The third-order valence-corrected chi connectivity index (χ3v) is 4.88. The monoisotopic (exact) mass is 322 g/mol. The third-order valence-electron chi connectivity index (χ3n) is 4.59. The molecule has 22 heavy (non-hydrogen) atoms. The molecule has 2 bridgehead atoms. The number of carbonyl (C=O) groups is 2. The fourth-order valence-corrected chi connectivity index (χ4v) is 3.81. The molecule has 114 valence electrons. The average molecular weight is 323 g/mol. The lowest BCUT2D eigenvalue weighted by Crippen LogP contribution is -2.45. The fraction of sp³-hybridized carbons (Fsp3) is 0.333. The summed E-state index contributed by atoms with van der Waals surface area (Å²) in [5, 5.41) is 11.3. The first-order valence-electron chi connectivity index (χ1n) is 6.77. The van der Waals surface area contributed by atoms with Gasteiger partial charge in [0, 0.05) is 17.6 Å². The highest BCUT2D eigenvalue weighted by atomic mass is 35.5. The smallest absolute Gasteiger partial charge is 0.234 e. The van der Waals surface area contributed by atoms with Gasteiger partial charge in [-0.25, -0.2) is 4.39 Å². The van der Waals surface area contributed by atoms with Crippen molar-refractivity contribution in [1.29, 1.82) is 0 Å². The maximum Gasteiger partial charge on any atom is 0.234 e. The minimum Gasteiger partial charge on any atom is -0.550 e. The maximum atomic E-state index is 13.3. The summed E-state index contributed by atoms with van der Waals surface area (Å²) < 4.78 is 19.0. The van der Waals surface area contributed by atoms with Crippen molar-refractivity contribution >= 4 is 29.2 Å². The first-order chi connectivity index (χ1) is 10.4. The lowest BCUT2D eigenvalue weighted by Gasteiger charge is -2.24. The summed E-state index contributed by atoms with van der Waals surface area (Å²) in [7, 11) is 0. The van der Waals surface area contributed by atoms with Crippen LogP contribution in [0.2, 0.25) is 5.02 Å². The van der Waals surface area contributed by atoms with Gasteiger partial charge in [0.25, 0.3) is 0 Å². The van der Waals surface area contributed by atoms with E-state index in [-0.39, 0.29) is 17.5 Å². The highest BCUT2D eigenvalue weighted by molar-refractivity contribution is 6.31. The van der Waals surface area contributed by atoms with Crippen LogP contribution in [-0.2, 0) is 14.3 Å². The summed E-state index contributed by atoms with van der Waals surface area (Å²) in [6.07, 6.45) is 2.77. The summed E-state index contributed by atoms with van der Waals surface area (Å²) >= 11 is 5.75. The second kappa shape index (κ2) is 4.30. The van der Waals surface area contributed by atoms with E-state index in [0.717, 1.165) is 0 Å². The molecule has 0 saturated carbocycles. The van der Waals surface area contributed by atoms with E-state index in [1.165, 1.54) is 23.1 Å². The number of hydrogen-bond donors (Lipinski definition) is 0. The number of ether oxygens (including phenoxy) is 1. The number of amides is 1. The number of halogens is 2. The van der Waals surface area contributed by atoms with Gasteiger partial charge >= 0.3 is 0 Å². The van der Waals surface area contributed by atoms with Gasteiger partial charge in [-0.3, -0.25) is 4.79 Å². The van der Waals surface area contributed by atoms with Crippen molar-refractivity contribution in [2.75, 3.05) is 11.4 Å². The van der Waals surface area contributed by atoms with E-state index in [1.54, 1.807) is 12.2 Å². The number of hydrogen-bond acceptors (Lipinski definition) is 4. The largest absolute Gasteiger partial charge is 0.550 e. The minimum absolute atomic E-state index is 0.0999. The minimum atomic E-state index is -1.30. The van der Waals surface area contributed by atoms with E-state index in [4.69, 9.17) is 16.3 Å². The summed E-state index contributed by atoms with van der Waals surface area (Å²) in [6, 6.07) is 3.94. The molecule has 2 saturated heterocycles. The highest BCUT2D eigenvalue weighted by Crippen LogP contribution is 2.52. The van der Waals surface area contributed by atoms with Gasteiger partial charge in [0.1, 0.15) is 11.4 Å². The molecule has 1 aromatic carbocycles. The van der Waals surface area contributed by atoms with Crippen LogP contribution in [0.1, 0.15) is 0 Å². The Balaban J connectivity index is 1.74. The normalized spacial score (nSPS) is 35.3. The van der Waals surface area contributed by atoms with Gasteiger partial charge in [-0.15, -0.1) is 0 Å². The molecular weight excluding hydrogens is 313 g/mol. The maximum absolute atomic E-state index is 13.3. The van der Waals surface area contributed by atoms with Crippen molar-refractivity contribution in [2.24, 2.45) is 11.8 Å². The van der Waals surface area contributed by atoms with Crippen LogP contribution in [-0.4, -0.2) is 30.1 Å². The highest BCUT2D eigenvalue weighted by Gasteiger charge is 2.65. The number of carboxylic acids is 1. The van der Waals surface area contributed by atoms with E-state index in [9.17, 15) is 19.1 Å². The average Bonchev–Trinajstić information content (AvgIpc) is 3.10. The molecule has 1 aromatic rings. The molecule has 0 aromatic heterocycles. The number of rotatable bonds is 2. The standard InChI is InChI=1S/C15H11ClFNO4/c16-8-5-7(1-2-9(8)17)18-6-15-4-3-10(22-15)11(14(20)21)12(15)13(18)19/h1-5,10-12H,6H2,(H,20,21)/p-1/t10-,11+,12-,15+/m1/s1. The molecule has 0 aliphatic carbocycles. The fourth-order valence-electron chi connectivity index (χ4n) is 3.64. The van der Waals surface area contributed by atoms with E-state index >= 15 is 0 Å². The van der Waals surface area contributed by atoms with Crippen molar-refractivity contribution in [2.45, 2.75) is 11.7 Å². The molecule has 3 heterocycles. The number of anilines is 1. The molecule has 0 unspecified atom stereocenters. The Kier molecular flexibility index (Phi) is 2.68. The zero-order valence-electron chi connectivity index (χ0n) is 11.2. The van der Waals surface area contributed by atoms with E-state index in [1.807, 2.05) is 0 Å². The van der Waals surface area contributed by atoms with Crippen molar-refractivity contribution < 1.29 is 23.8 Å². The van der Waals surface area contributed by atoms with Crippen molar-refractivity contribution in [3.8, 4) is 0 Å². The second-order valence-electron chi connectivity index (χ2n) is 5.74. The molecule has 4 rings (SSSR count). The first-order valence-corrected chi connectivity index (χ1v) is 7.15. The van der Waals surface area contributed by atoms with Crippen molar-refractivity contribution in [1.82, 2.24) is 0 Å². The number of benzene rings is 1. The number of nitrogens with zero attached hydrogens (tertiary/aromatic N) is 1. The van der Waals surface area contributed by atoms with Crippen molar-refractivity contribution in [3.05, 3.63) is 41.2 Å². The van der Waals surface area contributed by atoms with E-state index in [0.29, 0.717) is 5.69 Å². The zero-order valence-corrected chi connectivity index (χ0v) is 11.9. The number of carboxylic acid groups (broad SMARTS) is 1. The topological polar surface area (TPSA) is 69.7 Å². The molecule has 2 fully saturated rings. The van der Waals surface area contributed by atoms with Crippen LogP contribution in [0, 0.1) is 17.7 Å². The molecule has 0 radical (unpaired) electrons. The summed E-state index contributed by atoms with van der Waals surface area (Å²) in [4.78, 5) is 25.4. The Morgan fingerprint density at radius 3 is 2.95 bits per heavy atom. The molecule has 3 aliphatic heterocycles. The molecule has 3 aliphatic rings. The van der Waals surface area contributed by atoms with E-state index < -0.39 is 35.3 Å². The molecule has 1 amide bonds. The molecular formula is C15H10ClFNO4-. The van der Waals surface area contributed by atoms with Gasteiger partial charge in [0.15, 0.2) is 0 Å². The number of carbonyl (C=O) groups excluding carboxylic acids is 2. The van der Waals surface area contributed by atoms with Crippen LogP contribution in [0.3, 0.4) is 0 Å². The van der Waals surface area contributed by atoms with Gasteiger partial charge in [0.2, 0.25) is 5.91 Å². The zero-order chi connectivity index (χ0) is 15.6. The van der Waals surface area contributed by atoms with Crippen LogP contribution in [0.4, 0.5) is 10.1 Å². The quantitative estimate of drug-likeness (QED) is 0.744. The lowest BCUT2D eigenvalue weighted by molar-refractivity contribution is -0.313. The Hall–Kier alpha value is -1.92. The van der Waals surface area contributed by atoms with Crippen LogP contribution in [0.25, 0.3) is 0 Å². The molecule has 0 N–H and O–H groups in total. The summed E-state index contributed by atoms with van der Waals surface area (Å²) in [6.45, 7) is 0.176. The van der Waals surface area contributed by atoms with E-state index in [2.05, 4.69) is 0 Å². The Morgan fingerprint density at radius 2 is 2.27 bits per heavy atom.